The minimum atomic E-state index is -0.457. The van der Waals surface area contributed by atoms with Crippen LogP contribution in [0.25, 0.3) is 11.3 Å². The molecule has 1 aliphatic heterocycles. The molecule has 1 saturated heterocycles. The summed E-state index contributed by atoms with van der Waals surface area (Å²) >= 11 is 1.61. The maximum atomic E-state index is 12.5. The van der Waals surface area contributed by atoms with Gasteiger partial charge < -0.3 is 10.6 Å². The normalized spacial score (nSPS) is 18.1. The molecular weight excluding hydrogens is 310 g/mol. The van der Waals surface area contributed by atoms with Crippen molar-refractivity contribution in [3.05, 3.63) is 40.2 Å². The molecule has 1 atom stereocenters. The van der Waals surface area contributed by atoms with Gasteiger partial charge in [-0.2, -0.15) is 11.3 Å². The molecule has 0 aromatic carbocycles. The first-order valence-corrected chi connectivity index (χ1v) is 8.68. The molecule has 0 bridgehead atoms. The summed E-state index contributed by atoms with van der Waals surface area (Å²) in [5.74, 6) is -0.342. The molecule has 3 rings (SSSR count). The molecule has 0 aliphatic carbocycles. The number of thiophene rings is 1. The van der Waals surface area contributed by atoms with Crippen LogP contribution in [0.4, 0.5) is 0 Å². The first-order chi connectivity index (χ1) is 11.1. The lowest BCUT2D eigenvalue weighted by Crippen LogP contribution is -2.45. The maximum Gasteiger partial charge on any atom is 0.253 e. The van der Waals surface area contributed by atoms with Gasteiger partial charge in [-0.3, -0.25) is 14.6 Å². The molecule has 120 valence electrons. The molecule has 0 radical (unpaired) electrons. The van der Waals surface area contributed by atoms with Crippen molar-refractivity contribution in [2.75, 3.05) is 6.54 Å². The van der Waals surface area contributed by atoms with Crippen LogP contribution >= 0.6 is 11.3 Å². The van der Waals surface area contributed by atoms with Crippen LogP contribution in [0.1, 0.15) is 35.3 Å². The Bertz CT molecular complexity index is 713. The van der Waals surface area contributed by atoms with Crippen molar-refractivity contribution in [3.63, 3.8) is 0 Å². The fraction of sp³-hybridized carbons (Fsp3) is 0.353. The molecule has 5 nitrogen and oxygen atoms in total. The number of aromatic nitrogens is 1. The molecule has 6 heteroatoms. The second kappa shape index (κ2) is 6.91. The van der Waals surface area contributed by atoms with Gasteiger partial charge in [-0.1, -0.05) is 0 Å². The van der Waals surface area contributed by atoms with Crippen LogP contribution in [0.15, 0.2) is 29.0 Å². The molecule has 2 aromatic heterocycles. The molecule has 1 fully saturated rings. The summed E-state index contributed by atoms with van der Waals surface area (Å²) < 4.78 is 0. The Morgan fingerprint density at radius 1 is 1.35 bits per heavy atom. The number of rotatable bonds is 3. The number of amides is 2. The summed E-state index contributed by atoms with van der Waals surface area (Å²) in [5, 5.41) is 9.68. The first kappa shape index (κ1) is 15.7. The van der Waals surface area contributed by atoms with Crippen molar-refractivity contribution in [1.82, 2.24) is 15.6 Å². The van der Waals surface area contributed by atoms with Crippen LogP contribution in [0.3, 0.4) is 0 Å². The second-order valence-electron chi connectivity index (χ2n) is 5.65. The summed E-state index contributed by atoms with van der Waals surface area (Å²) in [5.41, 5.74) is 3.09. The van der Waals surface area contributed by atoms with E-state index in [-0.39, 0.29) is 11.8 Å². The largest absolute Gasteiger partial charge is 0.354 e. The smallest absolute Gasteiger partial charge is 0.253 e. The van der Waals surface area contributed by atoms with E-state index in [0.717, 1.165) is 24.1 Å². The molecule has 0 unspecified atom stereocenters. The number of carbonyl (C=O) groups excluding carboxylic acids is 2. The van der Waals surface area contributed by atoms with Gasteiger partial charge in [0.15, 0.2) is 0 Å². The summed E-state index contributed by atoms with van der Waals surface area (Å²) in [6.45, 7) is 2.50. The Balaban J connectivity index is 1.75. The minimum absolute atomic E-state index is 0.101. The number of nitrogens with one attached hydrogen (secondary N) is 2. The Hall–Kier alpha value is -2.21. The van der Waals surface area contributed by atoms with Gasteiger partial charge in [0, 0.05) is 17.5 Å². The van der Waals surface area contributed by atoms with Crippen LogP contribution in [0.2, 0.25) is 0 Å². The van der Waals surface area contributed by atoms with E-state index in [9.17, 15) is 9.59 Å². The maximum absolute atomic E-state index is 12.5. The molecule has 1 aliphatic rings. The monoisotopic (exact) mass is 329 g/mol. The van der Waals surface area contributed by atoms with Gasteiger partial charge in [-0.15, -0.1) is 0 Å². The number of carbonyl (C=O) groups is 2. The lowest BCUT2D eigenvalue weighted by atomic mass is 10.1. The zero-order valence-electron chi connectivity index (χ0n) is 13.0. The van der Waals surface area contributed by atoms with Gasteiger partial charge in [0.25, 0.3) is 5.91 Å². The van der Waals surface area contributed by atoms with Crippen LogP contribution in [0.5, 0.6) is 0 Å². The van der Waals surface area contributed by atoms with Crippen LogP contribution in [-0.2, 0) is 4.79 Å². The number of pyridine rings is 1. The fourth-order valence-electron chi connectivity index (χ4n) is 2.69. The predicted molar refractivity (Wildman–Crippen MR) is 90.4 cm³/mol. The highest BCUT2D eigenvalue weighted by Gasteiger charge is 2.23. The third kappa shape index (κ3) is 3.59. The Morgan fingerprint density at radius 3 is 2.96 bits per heavy atom. The molecule has 0 saturated carbocycles. The van der Waals surface area contributed by atoms with Gasteiger partial charge in [-0.25, -0.2) is 0 Å². The average molecular weight is 329 g/mol. The number of nitrogens with zero attached hydrogens (tertiary/aromatic N) is 1. The van der Waals surface area contributed by atoms with E-state index in [4.69, 9.17) is 0 Å². The molecule has 23 heavy (non-hydrogen) atoms. The Morgan fingerprint density at radius 2 is 2.22 bits per heavy atom. The lowest BCUT2D eigenvalue weighted by molar-refractivity contribution is -0.122. The number of hydrogen-bond donors (Lipinski definition) is 2. The molecular formula is C17H19N3O2S. The van der Waals surface area contributed by atoms with Crippen molar-refractivity contribution in [3.8, 4) is 11.3 Å². The third-order valence-corrected chi connectivity index (χ3v) is 4.67. The standard InChI is InChI=1S/C17H19N3O2S/c1-11-13(5-6-14(19-11)12-7-9-23-10-12)16(21)20-15-4-2-3-8-18-17(15)22/h5-7,9-10,15H,2-4,8H2,1H3,(H,18,22)(H,20,21)/t15-/m1/s1. The highest BCUT2D eigenvalue weighted by Crippen LogP contribution is 2.21. The van der Waals surface area contributed by atoms with Gasteiger partial charge in [-0.05, 0) is 49.8 Å². The van der Waals surface area contributed by atoms with E-state index >= 15 is 0 Å². The average Bonchev–Trinajstić information content (AvgIpc) is 3.00. The van der Waals surface area contributed by atoms with Crippen molar-refractivity contribution in [2.45, 2.75) is 32.2 Å². The summed E-state index contributed by atoms with van der Waals surface area (Å²) in [6.07, 6.45) is 2.56. The number of aryl methyl sites for hydroxylation is 1. The van der Waals surface area contributed by atoms with Gasteiger partial charge >= 0.3 is 0 Å². The fourth-order valence-corrected chi connectivity index (χ4v) is 3.33. The van der Waals surface area contributed by atoms with E-state index in [2.05, 4.69) is 15.6 Å². The molecule has 2 amide bonds. The Labute approximate surface area is 139 Å². The zero-order valence-corrected chi connectivity index (χ0v) is 13.8. The minimum Gasteiger partial charge on any atom is -0.354 e. The van der Waals surface area contributed by atoms with Gasteiger partial charge in [0.05, 0.1) is 17.0 Å². The van der Waals surface area contributed by atoms with E-state index in [1.807, 2.05) is 29.8 Å². The van der Waals surface area contributed by atoms with E-state index < -0.39 is 6.04 Å². The van der Waals surface area contributed by atoms with Gasteiger partial charge in [0.2, 0.25) is 5.91 Å². The number of hydrogen-bond acceptors (Lipinski definition) is 4. The Kier molecular flexibility index (Phi) is 4.71. The molecule has 0 spiro atoms. The van der Waals surface area contributed by atoms with E-state index in [1.165, 1.54) is 0 Å². The quantitative estimate of drug-likeness (QED) is 0.909. The van der Waals surface area contributed by atoms with Crippen molar-refractivity contribution in [2.24, 2.45) is 0 Å². The highest BCUT2D eigenvalue weighted by atomic mass is 32.1. The predicted octanol–water partition coefficient (Wildman–Crippen LogP) is 2.52. The first-order valence-electron chi connectivity index (χ1n) is 7.74. The van der Waals surface area contributed by atoms with Crippen LogP contribution < -0.4 is 10.6 Å². The summed E-state index contributed by atoms with van der Waals surface area (Å²) in [6, 6.07) is 5.17. The van der Waals surface area contributed by atoms with Crippen molar-refractivity contribution < 1.29 is 9.59 Å². The third-order valence-electron chi connectivity index (χ3n) is 3.99. The lowest BCUT2D eigenvalue weighted by Gasteiger charge is -2.16. The molecule has 2 aromatic rings. The highest BCUT2D eigenvalue weighted by molar-refractivity contribution is 7.08. The van der Waals surface area contributed by atoms with E-state index in [0.29, 0.717) is 24.2 Å². The zero-order chi connectivity index (χ0) is 16.2. The molecule has 3 heterocycles. The van der Waals surface area contributed by atoms with Crippen molar-refractivity contribution >= 4 is 23.2 Å². The molecule has 2 N–H and O–H groups in total. The van der Waals surface area contributed by atoms with Crippen LogP contribution in [0, 0.1) is 6.92 Å². The topological polar surface area (TPSA) is 71.1 Å². The van der Waals surface area contributed by atoms with Crippen LogP contribution in [-0.4, -0.2) is 29.4 Å². The summed E-state index contributed by atoms with van der Waals surface area (Å²) in [7, 11) is 0. The SMILES string of the molecule is Cc1nc(-c2ccsc2)ccc1C(=O)N[C@@H]1CCCCNC1=O. The van der Waals surface area contributed by atoms with Gasteiger partial charge in [0.1, 0.15) is 6.04 Å². The van der Waals surface area contributed by atoms with E-state index in [1.54, 1.807) is 17.4 Å². The summed E-state index contributed by atoms with van der Waals surface area (Å²) in [4.78, 5) is 28.9. The second-order valence-corrected chi connectivity index (χ2v) is 6.43. The van der Waals surface area contributed by atoms with Crippen molar-refractivity contribution in [1.29, 1.82) is 0 Å².